The van der Waals surface area contributed by atoms with Gasteiger partial charge in [-0.25, -0.2) is 0 Å². The first-order valence-electron chi connectivity index (χ1n) is 5.47. The van der Waals surface area contributed by atoms with Crippen molar-refractivity contribution in [1.82, 2.24) is 0 Å². The summed E-state index contributed by atoms with van der Waals surface area (Å²) < 4.78 is 0. The Morgan fingerprint density at radius 1 is 1.08 bits per heavy atom. The molecule has 0 aromatic carbocycles. The Hall–Kier alpha value is -0.260. The van der Waals surface area contributed by atoms with Crippen LogP contribution in [0.5, 0.6) is 0 Å². The largest absolute Gasteiger partial charge is 0.0885 e. The highest BCUT2D eigenvalue weighted by atomic mass is 14.0. The van der Waals surface area contributed by atoms with Crippen molar-refractivity contribution < 1.29 is 0 Å². The van der Waals surface area contributed by atoms with E-state index in [1.807, 2.05) is 0 Å². The summed E-state index contributed by atoms with van der Waals surface area (Å²) in [4.78, 5) is 0. The molecule has 0 aromatic heterocycles. The summed E-state index contributed by atoms with van der Waals surface area (Å²) >= 11 is 0. The Morgan fingerprint density at radius 2 is 1.83 bits per heavy atom. The predicted molar refractivity (Wildman–Crippen MR) is 57.4 cm³/mol. The van der Waals surface area contributed by atoms with Crippen molar-refractivity contribution in [3.8, 4) is 0 Å². The SMILES string of the molecule is CC/C=C/C(C)CCCCCC. The maximum absolute atomic E-state index is 2.35. The fourth-order valence-electron chi connectivity index (χ4n) is 1.36. The van der Waals surface area contributed by atoms with Crippen molar-refractivity contribution in [3.63, 3.8) is 0 Å². The van der Waals surface area contributed by atoms with Crippen LogP contribution in [0.25, 0.3) is 0 Å². The highest BCUT2D eigenvalue weighted by Crippen LogP contribution is 2.11. The van der Waals surface area contributed by atoms with Crippen molar-refractivity contribution in [2.45, 2.75) is 59.3 Å². The summed E-state index contributed by atoms with van der Waals surface area (Å²) in [5.74, 6) is 0.793. The first-order chi connectivity index (χ1) is 5.81. The van der Waals surface area contributed by atoms with Gasteiger partial charge >= 0.3 is 0 Å². The van der Waals surface area contributed by atoms with Gasteiger partial charge in [-0.1, -0.05) is 58.6 Å². The molecule has 0 amide bonds. The molecule has 0 radical (unpaired) electrons. The molecular weight excluding hydrogens is 144 g/mol. The van der Waals surface area contributed by atoms with Gasteiger partial charge in [0.05, 0.1) is 0 Å². The van der Waals surface area contributed by atoms with Crippen molar-refractivity contribution in [3.05, 3.63) is 12.2 Å². The molecule has 0 fully saturated rings. The van der Waals surface area contributed by atoms with E-state index < -0.39 is 0 Å². The average Bonchev–Trinajstić information content (AvgIpc) is 2.09. The van der Waals surface area contributed by atoms with Gasteiger partial charge in [0.2, 0.25) is 0 Å². The maximum atomic E-state index is 2.35. The molecule has 1 unspecified atom stereocenters. The second-order valence-corrected chi connectivity index (χ2v) is 3.66. The third-order valence-electron chi connectivity index (χ3n) is 2.21. The van der Waals surface area contributed by atoms with E-state index in [0.29, 0.717) is 0 Å². The van der Waals surface area contributed by atoms with E-state index in [1.165, 1.54) is 38.5 Å². The zero-order valence-corrected chi connectivity index (χ0v) is 8.97. The van der Waals surface area contributed by atoms with Gasteiger partial charge in [-0.3, -0.25) is 0 Å². The van der Waals surface area contributed by atoms with Crippen LogP contribution in [0.4, 0.5) is 0 Å². The smallest absolute Gasteiger partial charge is 0.0262 e. The highest BCUT2D eigenvalue weighted by molar-refractivity contribution is 4.84. The lowest BCUT2D eigenvalue weighted by atomic mass is 10.0. The van der Waals surface area contributed by atoms with E-state index in [0.717, 1.165) is 5.92 Å². The van der Waals surface area contributed by atoms with E-state index in [-0.39, 0.29) is 0 Å². The number of unbranched alkanes of at least 4 members (excludes halogenated alkanes) is 3. The third kappa shape index (κ3) is 7.84. The molecule has 0 saturated carbocycles. The van der Waals surface area contributed by atoms with Gasteiger partial charge in [0.1, 0.15) is 0 Å². The number of rotatable bonds is 7. The van der Waals surface area contributed by atoms with E-state index >= 15 is 0 Å². The molecule has 0 rings (SSSR count). The minimum absolute atomic E-state index is 0.793. The summed E-state index contributed by atoms with van der Waals surface area (Å²) in [6.45, 7) is 6.78. The fraction of sp³-hybridized carbons (Fsp3) is 0.833. The first-order valence-corrected chi connectivity index (χ1v) is 5.47. The first kappa shape index (κ1) is 11.7. The van der Waals surface area contributed by atoms with Crippen molar-refractivity contribution in [1.29, 1.82) is 0 Å². The minimum atomic E-state index is 0.793. The quantitative estimate of drug-likeness (QED) is 0.386. The Morgan fingerprint density at radius 3 is 2.42 bits per heavy atom. The van der Waals surface area contributed by atoms with Crippen LogP contribution in [0.1, 0.15) is 59.3 Å². The van der Waals surface area contributed by atoms with Crippen LogP contribution in [-0.2, 0) is 0 Å². The van der Waals surface area contributed by atoms with Gasteiger partial charge in [-0.05, 0) is 18.8 Å². The standard InChI is InChI=1S/C12H24/c1-4-6-8-9-11-12(3)10-7-5-2/h7,10,12H,4-6,8-9,11H2,1-3H3/b10-7+. The van der Waals surface area contributed by atoms with E-state index in [4.69, 9.17) is 0 Å². The Labute approximate surface area is 78.1 Å². The van der Waals surface area contributed by atoms with Crippen LogP contribution in [-0.4, -0.2) is 0 Å². The van der Waals surface area contributed by atoms with Crippen molar-refractivity contribution in [2.24, 2.45) is 5.92 Å². The molecule has 12 heavy (non-hydrogen) atoms. The van der Waals surface area contributed by atoms with E-state index in [1.54, 1.807) is 0 Å². The molecule has 0 aliphatic carbocycles. The van der Waals surface area contributed by atoms with E-state index in [2.05, 4.69) is 32.9 Å². The van der Waals surface area contributed by atoms with Gasteiger partial charge in [-0.15, -0.1) is 0 Å². The molecule has 72 valence electrons. The van der Waals surface area contributed by atoms with Gasteiger partial charge in [0.15, 0.2) is 0 Å². The van der Waals surface area contributed by atoms with Gasteiger partial charge in [0, 0.05) is 0 Å². The molecule has 0 aromatic rings. The summed E-state index contributed by atoms with van der Waals surface area (Å²) in [5, 5.41) is 0. The van der Waals surface area contributed by atoms with E-state index in [9.17, 15) is 0 Å². The fourth-order valence-corrected chi connectivity index (χ4v) is 1.36. The number of hydrogen-bond acceptors (Lipinski definition) is 0. The van der Waals surface area contributed by atoms with Crippen LogP contribution in [0.2, 0.25) is 0 Å². The monoisotopic (exact) mass is 168 g/mol. The molecule has 0 bridgehead atoms. The minimum Gasteiger partial charge on any atom is -0.0885 e. The summed E-state index contributed by atoms with van der Waals surface area (Å²) in [7, 11) is 0. The summed E-state index contributed by atoms with van der Waals surface area (Å²) in [5.41, 5.74) is 0. The summed E-state index contributed by atoms with van der Waals surface area (Å²) in [6.07, 6.45) is 12.8. The third-order valence-corrected chi connectivity index (χ3v) is 2.21. The average molecular weight is 168 g/mol. The number of hydrogen-bond donors (Lipinski definition) is 0. The van der Waals surface area contributed by atoms with Crippen LogP contribution in [0.3, 0.4) is 0 Å². The molecule has 0 N–H and O–H groups in total. The molecule has 0 spiro atoms. The second-order valence-electron chi connectivity index (χ2n) is 3.66. The van der Waals surface area contributed by atoms with Crippen molar-refractivity contribution in [2.75, 3.05) is 0 Å². The Balaban J connectivity index is 3.19. The molecular formula is C12H24. The van der Waals surface area contributed by atoms with Crippen LogP contribution in [0.15, 0.2) is 12.2 Å². The lowest BCUT2D eigenvalue weighted by molar-refractivity contribution is 0.560. The van der Waals surface area contributed by atoms with Gasteiger partial charge in [-0.2, -0.15) is 0 Å². The normalized spacial score (nSPS) is 13.9. The lowest BCUT2D eigenvalue weighted by Crippen LogP contribution is -1.89. The molecule has 0 aliphatic heterocycles. The molecule has 0 heteroatoms. The Bertz CT molecular complexity index is 103. The zero-order chi connectivity index (χ0) is 9.23. The lowest BCUT2D eigenvalue weighted by Gasteiger charge is -2.04. The predicted octanol–water partition coefficient (Wildman–Crippen LogP) is 4.56. The second kappa shape index (κ2) is 8.83. The van der Waals surface area contributed by atoms with Crippen molar-refractivity contribution >= 4 is 0 Å². The van der Waals surface area contributed by atoms with Crippen LogP contribution >= 0.6 is 0 Å². The highest BCUT2D eigenvalue weighted by Gasteiger charge is 1.95. The molecule has 0 saturated heterocycles. The maximum Gasteiger partial charge on any atom is -0.0262 e. The molecule has 1 atom stereocenters. The number of allylic oxidation sites excluding steroid dienone is 2. The van der Waals surface area contributed by atoms with Crippen LogP contribution < -0.4 is 0 Å². The Kier molecular flexibility index (Phi) is 8.64. The molecule has 0 aliphatic rings. The van der Waals surface area contributed by atoms with Crippen LogP contribution in [0, 0.1) is 5.92 Å². The summed E-state index contributed by atoms with van der Waals surface area (Å²) in [6, 6.07) is 0. The van der Waals surface area contributed by atoms with Gasteiger partial charge < -0.3 is 0 Å². The topological polar surface area (TPSA) is 0 Å². The zero-order valence-electron chi connectivity index (χ0n) is 8.97. The molecule has 0 heterocycles. The molecule has 0 nitrogen and oxygen atoms in total. The van der Waals surface area contributed by atoms with Gasteiger partial charge in [0.25, 0.3) is 0 Å².